The Balaban J connectivity index is 3.39. The van der Waals surface area contributed by atoms with Gasteiger partial charge in [-0.25, -0.2) is 17.9 Å². The normalized spacial score (nSPS) is 13.7. The molecule has 0 saturated heterocycles. The number of sulfonamides is 1. The van der Waals surface area contributed by atoms with Gasteiger partial charge in [0.25, 0.3) is 0 Å². The third kappa shape index (κ3) is 4.99. The van der Waals surface area contributed by atoms with Crippen molar-refractivity contribution < 1.29 is 18.3 Å². The van der Waals surface area contributed by atoms with Gasteiger partial charge in [0, 0.05) is 11.6 Å². The van der Waals surface area contributed by atoms with Crippen LogP contribution in [0.4, 0.5) is 5.69 Å². The minimum atomic E-state index is -3.81. The van der Waals surface area contributed by atoms with E-state index < -0.39 is 16.0 Å². The average Bonchev–Trinajstić information content (AvgIpc) is 2.36. The number of rotatable bonds is 6. The second-order valence-corrected chi connectivity index (χ2v) is 8.00. The van der Waals surface area contributed by atoms with Crippen LogP contribution in [0.1, 0.15) is 51.4 Å². The van der Waals surface area contributed by atoms with Crippen molar-refractivity contribution in [2.24, 2.45) is 0 Å². The number of carboxylic acids is 1. The highest BCUT2D eigenvalue weighted by Crippen LogP contribution is 2.26. The van der Waals surface area contributed by atoms with Crippen LogP contribution in [-0.4, -0.2) is 31.1 Å². The number of benzene rings is 1. The van der Waals surface area contributed by atoms with Crippen LogP contribution in [0.2, 0.25) is 0 Å². The molecular formula is C15H24N2O4S. The van der Waals surface area contributed by atoms with E-state index in [0.29, 0.717) is 12.1 Å². The Labute approximate surface area is 132 Å². The molecule has 124 valence electrons. The Bertz CT molecular complexity index is 648. The molecule has 0 aliphatic heterocycles. The molecule has 0 aliphatic rings. The van der Waals surface area contributed by atoms with Crippen LogP contribution >= 0.6 is 0 Å². The topological polar surface area (TPSA) is 95.5 Å². The molecule has 0 amide bonds. The molecule has 1 atom stereocenters. The van der Waals surface area contributed by atoms with Gasteiger partial charge in [0.2, 0.25) is 10.0 Å². The van der Waals surface area contributed by atoms with E-state index in [0.717, 1.165) is 0 Å². The Kier molecular flexibility index (Phi) is 5.59. The summed E-state index contributed by atoms with van der Waals surface area (Å²) in [5.41, 5.74) is -0.0388. The molecule has 0 unspecified atom stereocenters. The van der Waals surface area contributed by atoms with Gasteiger partial charge >= 0.3 is 5.97 Å². The van der Waals surface area contributed by atoms with Crippen LogP contribution in [0.25, 0.3) is 0 Å². The van der Waals surface area contributed by atoms with Gasteiger partial charge in [0.1, 0.15) is 4.90 Å². The molecule has 0 bridgehead atoms. The quantitative estimate of drug-likeness (QED) is 0.746. The van der Waals surface area contributed by atoms with E-state index in [1.165, 1.54) is 18.2 Å². The zero-order valence-corrected chi connectivity index (χ0v) is 14.4. The van der Waals surface area contributed by atoms with Gasteiger partial charge < -0.3 is 10.4 Å². The second kappa shape index (κ2) is 6.66. The van der Waals surface area contributed by atoms with Crippen molar-refractivity contribution in [3.05, 3.63) is 23.8 Å². The van der Waals surface area contributed by atoms with Gasteiger partial charge in [0.05, 0.1) is 11.3 Å². The van der Waals surface area contributed by atoms with Crippen molar-refractivity contribution in [2.75, 3.05) is 5.32 Å². The van der Waals surface area contributed by atoms with Gasteiger partial charge in [0.15, 0.2) is 0 Å². The predicted molar refractivity (Wildman–Crippen MR) is 86.9 cm³/mol. The van der Waals surface area contributed by atoms with Crippen molar-refractivity contribution in [3.63, 3.8) is 0 Å². The summed E-state index contributed by atoms with van der Waals surface area (Å²) in [6.07, 6.45) is 0.639. The van der Waals surface area contributed by atoms with Gasteiger partial charge in [-0.3, -0.25) is 0 Å². The summed E-state index contributed by atoms with van der Waals surface area (Å²) in [6.45, 7) is 9.33. The van der Waals surface area contributed by atoms with E-state index >= 15 is 0 Å². The molecule has 0 fully saturated rings. The summed E-state index contributed by atoms with van der Waals surface area (Å²) in [7, 11) is -3.81. The van der Waals surface area contributed by atoms with Crippen molar-refractivity contribution in [2.45, 2.75) is 57.5 Å². The first-order chi connectivity index (χ1) is 9.96. The minimum absolute atomic E-state index is 0.0531. The molecule has 1 aromatic rings. The number of carbonyl (C=O) groups is 1. The SMILES string of the molecule is CC[C@@H](C)NS(=O)(=O)c1cc(C(=O)O)ccc1NC(C)(C)C. The maximum absolute atomic E-state index is 12.5. The number of hydrogen-bond acceptors (Lipinski definition) is 4. The molecular weight excluding hydrogens is 304 g/mol. The molecule has 0 aliphatic carbocycles. The molecule has 7 heteroatoms. The van der Waals surface area contributed by atoms with Gasteiger partial charge in [-0.15, -0.1) is 0 Å². The molecule has 6 nitrogen and oxygen atoms in total. The minimum Gasteiger partial charge on any atom is -0.478 e. The summed E-state index contributed by atoms with van der Waals surface area (Å²) in [6, 6.07) is 3.82. The van der Waals surface area contributed by atoms with Crippen LogP contribution in [0.15, 0.2) is 23.1 Å². The van der Waals surface area contributed by atoms with Crippen molar-refractivity contribution in [3.8, 4) is 0 Å². The number of aromatic carboxylic acids is 1. The molecule has 0 aromatic heterocycles. The van der Waals surface area contributed by atoms with E-state index in [1.807, 2.05) is 27.7 Å². The third-order valence-electron chi connectivity index (χ3n) is 3.00. The van der Waals surface area contributed by atoms with Crippen molar-refractivity contribution in [1.82, 2.24) is 4.72 Å². The van der Waals surface area contributed by atoms with E-state index in [-0.39, 0.29) is 22.0 Å². The van der Waals surface area contributed by atoms with Crippen LogP contribution in [0.5, 0.6) is 0 Å². The molecule has 22 heavy (non-hydrogen) atoms. The van der Waals surface area contributed by atoms with E-state index in [4.69, 9.17) is 5.11 Å². The Morgan fingerprint density at radius 3 is 2.36 bits per heavy atom. The van der Waals surface area contributed by atoms with Crippen molar-refractivity contribution >= 4 is 21.7 Å². The van der Waals surface area contributed by atoms with Gasteiger partial charge in [-0.2, -0.15) is 0 Å². The molecule has 3 N–H and O–H groups in total. The predicted octanol–water partition coefficient (Wildman–Crippen LogP) is 2.67. The molecule has 0 radical (unpaired) electrons. The zero-order valence-electron chi connectivity index (χ0n) is 13.6. The largest absolute Gasteiger partial charge is 0.478 e. The summed E-state index contributed by atoms with van der Waals surface area (Å²) < 4.78 is 27.6. The van der Waals surface area contributed by atoms with Crippen LogP contribution in [0, 0.1) is 0 Å². The number of hydrogen-bond donors (Lipinski definition) is 3. The number of anilines is 1. The fourth-order valence-electron chi connectivity index (χ4n) is 1.80. The average molecular weight is 328 g/mol. The fraction of sp³-hybridized carbons (Fsp3) is 0.533. The van der Waals surface area contributed by atoms with Gasteiger partial charge in [-0.1, -0.05) is 6.92 Å². The Morgan fingerprint density at radius 1 is 1.32 bits per heavy atom. The van der Waals surface area contributed by atoms with Crippen LogP contribution in [0.3, 0.4) is 0 Å². The van der Waals surface area contributed by atoms with Crippen LogP contribution < -0.4 is 10.0 Å². The summed E-state index contributed by atoms with van der Waals surface area (Å²) in [5.74, 6) is -1.16. The number of carboxylic acid groups (broad SMARTS) is 1. The van der Waals surface area contributed by atoms with Crippen LogP contribution in [-0.2, 0) is 10.0 Å². The molecule has 1 rings (SSSR count). The lowest BCUT2D eigenvalue weighted by atomic mass is 10.1. The smallest absolute Gasteiger partial charge is 0.335 e. The second-order valence-electron chi connectivity index (χ2n) is 6.32. The van der Waals surface area contributed by atoms with E-state index in [1.54, 1.807) is 6.92 Å². The lowest BCUT2D eigenvalue weighted by Gasteiger charge is -2.24. The van der Waals surface area contributed by atoms with Crippen molar-refractivity contribution in [1.29, 1.82) is 0 Å². The lowest BCUT2D eigenvalue weighted by molar-refractivity contribution is 0.0696. The van der Waals surface area contributed by atoms with Gasteiger partial charge in [-0.05, 0) is 52.3 Å². The van der Waals surface area contributed by atoms with E-state index in [9.17, 15) is 13.2 Å². The molecule has 1 aromatic carbocycles. The highest BCUT2D eigenvalue weighted by molar-refractivity contribution is 7.89. The highest BCUT2D eigenvalue weighted by Gasteiger charge is 2.24. The highest BCUT2D eigenvalue weighted by atomic mass is 32.2. The number of nitrogens with one attached hydrogen (secondary N) is 2. The monoisotopic (exact) mass is 328 g/mol. The Hall–Kier alpha value is -1.60. The zero-order chi connectivity index (χ0) is 17.1. The van der Waals surface area contributed by atoms with E-state index in [2.05, 4.69) is 10.0 Å². The first-order valence-electron chi connectivity index (χ1n) is 7.14. The summed E-state index contributed by atoms with van der Waals surface area (Å²) in [5, 5.41) is 12.2. The first kappa shape index (κ1) is 18.4. The maximum Gasteiger partial charge on any atom is 0.335 e. The summed E-state index contributed by atoms with van der Waals surface area (Å²) >= 11 is 0. The lowest BCUT2D eigenvalue weighted by Crippen LogP contribution is -2.34. The standard InChI is InChI=1S/C15H24N2O4S/c1-6-10(2)17-22(20,21)13-9-11(14(18)19)7-8-12(13)16-15(3,4)5/h7-10,16-17H,6H2,1-5H3,(H,18,19)/t10-/m1/s1. The third-order valence-corrected chi connectivity index (χ3v) is 4.63. The molecule has 0 spiro atoms. The fourth-order valence-corrected chi connectivity index (χ4v) is 3.31. The molecule has 0 heterocycles. The maximum atomic E-state index is 12.5. The summed E-state index contributed by atoms with van der Waals surface area (Å²) in [4.78, 5) is 11.1. The Morgan fingerprint density at radius 2 is 1.91 bits per heavy atom. The molecule has 0 saturated carbocycles. The first-order valence-corrected chi connectivity index (χ1v) is 8.62.